The molecular weight excluding hydrogens is 260 g/mol. The minimum Gasteiger partial charge on any atom is -0.545 e. The van der Waals surface area contributed by atoms with Crippen molar-refractivity contribution in [2.75, 3.05) is 5.32 Å². The first-order chi connectivity index (χ1) is 8.40. The summed E-state index contributed by atoms with van der Waals surface area (Å²) in [5.41, 5.74) is 5.40. The molecule has 0 aliphatic carbocycles. The maximum absolute atomic E-state index is 11.2. The average molecular weight is 268 g/mol. The molecule has 0 unspecified atom stereocenters. The summed E-state index contributed by atoms with van der Waals surface area (Å²) in [6.07, 6.45) is 1.37. The summed E-state index contributed by atoms with van der Waals surface area (Å²) in [7, 11) is 0. The lowest BCUT2D eigenvalue weighted by Gasteiger charge is -2.05. The zero-order valence-corrected chi connectivity index (χ0v) is 9.73. The van der Waals surface area contributed by atoms with Crippen molar-refractivity contribution in [2.45, 2.75) is 0 Å². The normalized spacial score (nSPS) is 10.3. The number of rotatable bonds is 4. The van der Waals surface area contributed by atoms with Crippen molar-refractivity contribution in [2.24, 2.45) is 5.73 Å². The molecular formula is C11H8ClN2O4-. The minimum atomic E-state index is -1.49. The van der Waals surface area contributed by atoms with Gasteiger partial charge < -0.3 is 21.0 Å². The van der Waals surface area contributed by atoms with Crippen molar-refractivity contribution in [3.8, 4) is 0 Å². The molecule has 94 valence electrons. The molecule has 0 bridgehead atoms. The number of amides is 2. The molecule has 0 spiro atoms. The number of nitrogens with one attached hydrogen (secondary N) is 1. The van der Waals surface area contributed by atoms with Gasteiger partial charge in [0.25, 0.3) is 0 Å². The fourth-order valence-electron chi connectivity index (χ4n) is 1.12. The Labute approximate surface area is 107 Å². The predicted molar refractivity (Wildman–Crippen MR) is 62.7 cm³/mol. The zero-order valence-electron chi connectivity index (χ0n) is 8.98. The van der Waals surface area contributed by atoms with Gasteiger partial charge in [0.05, 0.1) is 16.6 Å². The molecule has 0 radical (unpaired) electrons. The number of anilines is 1. The van der Waals surface area contributed by atoms with Crippen LogP contribution in [0, 0.1) is 0 Å². The van der Waals surface area contributed by atoms with Crippen LogP contribution in [0.3, 0.4) is 0 Å². The SMILES string of the molecule is NC(=O)c1cc(NC(=O)/C=C\C(=O)[O-])ccc1Cl. The van der Waals surface area contributed by atoms with Gasteiger partial charge in [-0.1, -0.05) is 11.6 Å². The smallest absolute Gasteiger partial charge is 0.250 e. The highest BCUT2D eigenvalue weighted by molar-refractivity contribution is 6.34. The summed E-state index contributed by atoms with van der Waals surface area (Å²) < 4.78 is 0. The third kappa shape index (κ3) is 3.91. The van der Waals surface area contributed by atoms with Crippen molar-refractivity contribution in [1.82, 2.24) is 0 Å². The van der Waals surface area contributed by atoms with Gasteiger partial charge >= 0.3 is 0 Å². The third-order valence-corrected chi connectivity index (χ3v) is 2.20. The lowest BCUT2D eigenvalue weighted by Crippen LogP contribution is -2.20. The standard InChI is InChI=1S/C11H9ClN2O4/c12-8-2-1-6(5-7(8)11(13)18)14-9(15)3-4-10(16)17/h1-5H,(H2,13,18)(H,14,15)(H,16,17)/p-1/b4-3-. The molecule has 1 rings (SSSR count). The number of benzene rings is 1. The quantitative estimate of drug-likeness (QED) is 0.728. The minimum absolute atomic E-state index is 0.0540. The summed E-state index contributed by atoms with van der Waals surface area (Å²) in [4.78, 5) is 32.3. The Morgan fingerprint density at radius 1 is 1.28 bits per heavy atom. The Morgan fingerprint density at radius 2 is 1.94 bits per heavy atom. The van der Waals surface area contributed by atoms with Crippen LogP contribution in [-0.4, -0.2) is 17.8 Å². The maximum atomic E-state index is 11.2. The molecule has 0 heterocycles. The van der Waals surface area contributed by atoms with Gasteiger partial charge in [-0.05, 0) is 24.3 Å². The number of hydrogen-bond acceptors (Lipinski definition) is 4. The largest absolute Gasteiger partial charge is 0.545 e. The molecule has 1 aromatic rings. The lowest BCUT2D eigenvalue weighted by molar-refractivity contribution is -0.297. The second-order valence-corrected chi connectivity index (χ2v) is 3.61. The zero-order chi connectivity index (χ0) is 13.7. The molecule has 0 fully saturated rings. The van der Waals surface area contributed by atoms with Gasteiger partial charge in [0, 0.05) is 11.8 Å². The monoisotopic (exact) mass is 267 g/mol. The highest BCUT2D eigenvalue weighted by atomic mass is 35.5. The Bertz CT molecular complexity index is 540. The van der Waals surface area contributed by atoms with Crippen LogP contribution in [0.2, 0.25) is 5.02 Å². The fraction of sp³-hybridized carbons (Fsp3) is 0. The first kappa shape index (κ1) is 13.7. The van der Waals surface area contributed by atoms with E-state index in [0.717, 1.165) is 6.08 Å². The number of aliphatic carboxylic acids is 1. The molecule has 3 N–H and O–H groups in total. The lowest BCUT2D eigenvalue weighted by atomic mass is 10.2. The van der Waals surface area contributed by atoms with E-state index in [-0.39, 0.29) is 16.3 Å². The number of carboxylic acid groups (broad SMARTS) is 1. The van der Waals surface area contributed by atoms with E-state index in [1.807, 2.05) is 0 Å². The second kappa shape index (κ2) is 5.83. The van der Waals surface area contributed by atoms with Crippen LogP contribution < -0.4 is 16.2 Å². The summed E-state index contributed by atoms with van der Waals surface area (Å²) >= 11 is 5.72. The molecule has 6 nitrogen and oxygen atoms in total. The topological polar surface area (TPSA) is 112 Å². The molecule has 0 aromatic heterocycles. The predicted octanol–water partition coefficient (Wildman–Crippen LogP) is -0.317. The number of carbonyl (C=O) groups is 3. The van der Waals surface area contributed by atoms with Crippen molar-refractivity contribution < 1.29 is 19.5 Å². The fourth-order valence-corrected chi connectivity index (χ4v) is 1.33. The van der Waals surface area contributed by atoms with E-state index in [0.29, 0.717) is 6.08 Å². The van der Waals surface area contributed by atoms with Gasteiger partial charge in [0.1, 0.15) is 0 Å². The van der Waals surface area contributed by atoms with Gasteiger partial charge in [-0.3, -0.25) is 9.59 Å². The summed E-state index contributed by atoms with van der Waals surface area (Å²) in [5.74, 6) is -2.91. The molecule has 18 heavy (non-hydrogen) atoms. The van der Waals surface area contributed by atoms with E-state index in [9.17, 15) is 19.5 Å². The number of hydrogen-bond donors (Lipinski definition) is 2. The van der Waals surface area contributed by atoms with E-state index in [1.54, 1.807) is 0 Å². The molecule has 0 aliphatic rings. The molecule has 0 atom stereocenters. The van der Waals surface area contributed by atoms with Crippen LogP contribution in [-0.2, 0) is 9.59 Å². The van der Waals surface area contributed by atoms with E-state index >= 15 is 0 Å². The van der Waals surface area contributed by atoms with Crippen molar-refractivity contribution in [3.63, 3.8) is 0 Å². The van der Waals surface area contributed by atoms with Crippen LogP contribution in [0.25, 0.3) is 0 Å². The Balaban J connectivity index is 2.86. The summed E-state index contributed by atoms with van der Waals surface area (Å²) in [6, 6.07) is 4.12. The van der Waals surface area contributed by atoms with Gasteiger partial charge in [0.15, 0.2) is 0 Å². The van der Waals surface area contributed by atoms with E-state index in [4.69, 9.17) is 17.3 Å². The van der Waals surface area contributed by atoms with Crippen LogP contribution in [0.4, 0.5) is 5.69 Å². The van der Waals surface area contributed by atoms with Gasteiger partial charge in [0.2, 0.25) is 11.8 Å². The molecule has 0 saturated heterocycles. The van der Waals surface area contributed by atoms with Crippen molar-refractivity contribution in [1.29, 1.82) is 0 Å². The first-order valence-electron chi connectivity index (χ1n) is 4.69. The molecule has 7 heteroatoms. The van der Waals surface area contributed by atoms with E-state index < -0.39 is 17.8 Å². The van der Waals surface area contributed by atoms with Crippen LogP contribution in [0.5, 0.6) is 0 Å². The van der Waals surface area contributed by atoms with Crippen LogP contribution >= 0.6 is 11.6 Å². The number of nitrogens with two attached hydrogens (primary N) is 1. The molecule has 0 saturated carbocycles. The molecule has 0 aliphatic heterocycles. The van der Waals surface area contributed by atoms with E-state index in [1.165, 1.54) is 18.2 Å². The second-order valence-electron chi connectivity index (χ2n) is 3.20. The number of halogens is 1. The number of carboxylic acids is 1. The summed E-state index contributed by atoms with van der Waals surface area (Å²) in [6.45, 7) is 0. The first-order valence-corrected chi connectivity index (χ1v) is 5.07. The molecule has 1 aromatic carbocycles. The van der Waals surface area contributed by atoms with E-state index in [2.05, 4.69) is 5.32 Å². The van der Waals surface area contributed by atoms with Crippen molar-refractivity contribution in [3.05, 3.63) is 40.9 Å². The van der Waals surface area contributed by atoms with Gasteiger partial charge in [-0.25, -0.2) is 0 Å². The average Bonchev–Trinajstić information content (AvgIpc) is 2.28. The highest BCUT2D eigenvalue weighted by Gasteiger charge is 2.08. The third-order valence-electron chi connectivity index (χ3n) is 1.87. The van der Waals surface area contributed by atoms with Crippen LogP contribution in [0.1, 0.15) is 10.4 Å². The Morgan fingerprint density at radius 3 is 2.50 bits per heavy atom. The van der Waals surface area contributed by atoms with Gasteiger partial charge in [-0.2, -0.15) is 0 Å². The highest BCUT2D eigenvalue weighted by Crippen LogP contribution is 2.20. The van der Waals surface area contributed by atoms with Gasteiger partial charge in [-0.15, -0.1) is 0 Å². The Kier molecular flexibility index (Phi) is 4.45. The Hall–Kier alpha value is -2.34. The molecule has 2 amide bonds. The maximum Gasteiger partial charge on any atom is 0.250 e. The summed E-state index contributed by atoms with van der Waals surface area (Å²) in [5, 5.41) is 12.6. The number of primary amides is 1. The van der Waals surface area contributed by atoms with Crippen LogP contribution in [0.15, 0.2) is 30.4 Å². The van der Waals surface area contributed by atoms with Crippen molar-refractivity contribution >= 4 is 35.1 Å². The number of carbonyl (C=O) groups excluding carboxylic acids is 3.